The van der Waals surface area contributed by atoms with Gasteiger partial charge in [0.1, 0.15) is 11.4 Å². The molecule has 1 atom stereocenters. The fourth-order valence-electron chi connectivity index (χ4n) is 2.70. The smallest absolute Gasteiger partial charge is 0.258 e. The van der Waals surface area contributed by atoms with Crippen LogP contribution in [0.15, 0.2) is 47.6 Å². The van der Waals surface area contributed by atoms with Gasteiger partial charge in [-0.05, 0) is 65.9 Å². The summed E-state index contributed by atoms with van der Waals surface area (Å²) in [5.41, 5.74) is 2.72. The van der Waals surface area contributed by atoms with Crippen LogP contribution in [0.5, 0.6) is 5.75 Å². The largest absolute Gasteiger partial charge is 0.484 e. The first kappa shape index (κ1) is 20.3. The van der Waals surface area contributed by atoms with Gasteiger partial charge in [-0.2, -0.15) is 0 Å². The summed E-state index contributed by atoms with van der Waals surface area (Å²) in [4.78, 5) is 34.4. The molecule has 6 nitrogen and oxygen atoms in total. The second-order valence-corrected chi connectivity index (χ2v) is 6.44. The minimum Gasteiger partial charge on any atom is -0.484 e. The number of benzene rings is 2. The summed E-state index contributed by atoms with van der Waals surface area (Å²) in [5, 5.41) is 5.61. The van der Waals surface area contributed by atoms with Gasteiger partial charge >= 0.3 is 0 Å². The molecule has 6 heteroatoms. The zero-order valence-electron chi connectivity index (χ0n) is 15.8. The molecule has 0 radical (unpaired) electrons. The normalized spacial score (nSPS) is 11.5. The average molecular weight is 368 g/mol. The molecule has 0 aromatic heterocycles. The fourth-order valence-corrected chi connectivity index (χ4v) is 2.70. The van der Waals surface area contributed by atoms with E-state index in [1.54, 1.807) is 43.3 Å². The molecule has 1 unspecified atom stereocenters. The SMILES string of the molecule is CCC(C)c1cc(OCC(=O)NCc2cccc(N=O)c2)ccc1C(C)=O. The van der Waals surface area contributed by atoms with E-state index in [4.69, 9.17) is 4.74 Å². The molecule has 0 fully saturated rings. The number of Topliss-reactive ketones (excluding diaryl/α,β-unsaturated/α-hetero) is 1. The van der Waals surface area contributed by atoms with Gasteiger partial charge in [-0.1, -0.05) is 26.0 Å². The number of nitroso groups, excluding NO2 is 1. The van der Waals surface area contributed by atoms with Crippen molar-refractivity contribution in [3.05, 3.63) is 64.1 Å². The summed E-state index contributed by atoms with van der Waals surface area (Å²) in [7, 11) is 0. The van der Waals surface area contributed by atoms with Crippen molar-refractivity contribution in [2.75, 3.05) is 6.61 Å². The highest BCUT2D eigenvalue weighted by atomic mass is 16.5. The van der Waals surface area contributed by atoms with Crippen molar-refractivity contribution < 1.29 is 14.3 Å². The van der Waals surface area contributed by atoms with Crippen LogP contribution < -0.4 is 10.1 Å². The second-order valence-electron chi connectivity index (χ2n) is 6.44. The predicted octanol–water partition coefficient (Wildman–Crippen LogP) is 4.50. The molecule has 0 bridgehead atoms. The van der Waals surface area contributed by atoms with Gasteiger partial charge < -0.3 is 10.1 Å². The van der Waals surface area contributed by atoms with Crippen molar-refractivity contribution in [1.29, 1.82) is 0 Å². The van der Waals surface area contributed by atoms with Crippen molar-refractivity contribution >= 4 is 17.4 Å². The Labute approximate surface area is 158 Å². The first-order chi connectivity index (χ1) is 12.9. The quantitative estimate of drug-likeness (QED) is 0.522. The van der Waals surface area contributed by atoms with Crippen molar-refractivity contribution in [3.63, 3.8) is 0 Å². The Kier molecular flexibility index (Phi) is 7.23. The van der Waals surface area contributed by atoms with Crippen LogP contribution in [0.1, 0.15) is 54.6 Å². The van der Waals surface area contributed by atoms with Gasteiger partial charge in [0.05, 0.1) is 0 Å². The van der Waals surface area contributed by atoms with E-state index in [2.05, 4.69) is 24.3 Å². The molecular formula is C21H24N2O4. The van der Waals surface area contributed by atoms with E-state index in [-0.39, 0.29) is 30.8 Å². The topological polar surface area (TPSA) is 84.8 Å². The van der Waals surface area contributed by atoms with Crippen molar-refractivity contribution in [1.82, 2.24) is 5.32 Å². The van der Waals surface area contributed by atoms with Gasteiger partial charge in [-0.25, -0.2) is 0 Å². The van der Waals surface area contributed by atoms with Crippen LogP contribution in [0.3, 0.4) is 0 Å². The number of nitrogens with zero attached hydrogens (tertiary/aromatic N) is 1. The maximum atomic E-state index is 12.0. The average Bonchev–Trinajstić information content (AvgIpc) is 2.69. The standard InChI is InChI=1S/C21H24N2O4/c1-4-14(2)20-11-18(8-9-19(20)15(3)24)27-13-21(25)22-12-16-6-5-7-17(10-16)23-26/h5-11,14H,4,12-13H2,1-3H3,(H,22,25). The molecule has 0 saturated carbocycles. The lowest BCUT2D eigenvalue weighted by Gasteiger charge is -2.15. The van der Waals surface area contributed by atoms with Crippen LogP contribution in [0.25, 0.3) is 0 Å². The van der Waals surface area contributed by atoms with Crippen molar-refractivity contribution in [3.8, 4) is 5.75 Å². The molecule has 142 valence electrons. The number of rotatable bonds is 9. The fraction of sp³-hybridized carbons (Fsp3) is 0.333. The maximum absolute atomic E-state index is 12.0. The Balaban J connectivity index is 1.96. The van der Waals surface area contributed by atoms with E-state index < -0.39 is 0 Å². The molecule has 0 spiro atoms. The Hall–Kier alpha value is -3.02. The number of carbonyl (C=O) groups excluding carboxylic acids is 2. The van der Waals surface area contributed by atoms with Crippen LogP contribution in [0, 0.1) is 4.91 Å². The van der Waals surface area contributed by atoms with E-state index in [9.17, 15) is 14.5 Å². The molecule has 0 saturated heterocycles. The van der Waals surface area contributed by atoms with Gasteiger partial charge in [-0.3, -0.25) is 9.59 Å². The summed E-state index contributed by atoms with van der Waals surface area (Å²) >= 11 is 0. The van der Waals surface area contributed by atoms with Crippen molar-refractivity contribution in [2.24, 2.45) is 5.18 Å². The summed E-state index contributed by atoms with van der Waals surface area (Å²) in [6.07, 6.45) is 0.902. The number of carbonyl (C=O) groups is 2. The monoisotopic (exact) mass is 368 g/mol. The Morgan fingerprint density at radius 3 is 2.63 bits per heavy atom. The minimum atomic E-state index is -0.278. The second kappa shape index (κ2) is 9.62. The van der Waals surface area contributed by atoms with Gasteiger partial charge in [0.25, 0.3) is 5.91 Å². The zero-order chi connectivity index (χ0) is 19.8. The third-order valence-electron chi connectivity index (χ3n) is 4.42. The summed E-state index contributed by atoms with van der Waals surface area (Å²) in [5.74, 6) is 0.513. The lowest BCUT2D eigenvalue weighted by atomic mass is 9.92. The first-order valence-corrected chi connectivity index (χ1v) is 8.91. The number of nitrogens with one attached hydrogen (secondary N) is 1. The van der Waals surface area contributed by atoms with Gasteiger partial charge in [0.15, 0.2) is 12.4 Å². The van der Waals surface area contributed by atoms with Crippen LogP contribution in [-0.2, 0) is 11.3 Å². The number of amides is 1. The Bertz CT molecular complexity index is 833. The summed E-state index contributed by atoms with van der Waals surface area (Å²) in [6.45, 7) is 5.81. The van der Waals surface area contributed by atoms with E-state index in [1.807, 2.05) is 6.07 Å². The van der Waals surface area contributed by atoms with Crippen LogP contribution in [0.2, 0.25) is 0 Å². The van der Waals surface area contributed by atoms with E-state index in [0.29, 0.717) is 17.0 Å². The lowest BCUT2D eigenvalue weighted by molar-refractivity contribution is -0.123. The molecule has 27 heavy (non-hydrogen) atoms. The zero-order valence-corrected chi connectivity index (χ0v) is 15.8. The van der Waals surface area contributed by atoms with Gasteiger partial charge in [-0.15, -0.1) is 4.91 Å². The number of ketones is 1. The Morgan fingerprint density at radius 2 is 1.96 bits per heavy atom. The van der Waals surface area contributed by atoms with E-state index >= 15 is 0 Å². The van der Waals surface area contributed by atoms with E-state index in [1.165, 1.54) is 0 Å². The Morgan fingerprint density at radius 1 is 1.19 bits per heavy atom. The molecule has 0 aliphatic heterocycles. The molecule has 2 rings (SSSR count). The molecular weight excluding hydrogens is 344 g/mol. The maximum Gasteiger partial charge on any atom is 0.258 e. The number of ether oxygens (including phenoxy) is 1. The summed E-state index contributed by atoms with van der Waals surface area (Å²) in [6, 6.07) is 12.0. The third kappa shape index (κ3) is 5.74. The van der Waals surface area contributed by atoms with Gasteiger partial charge in [0.2, 0.25) is 0 Å². The van der Waals surface area contributed by atoms with Crippen LogP contribution >= 0.6 is 0 Å². The lowest BCUT2D eigenvalue weighted by Crippen LogP contribution is -2.28. The number of hydrogen-bond donors (Lipinski definition) is 1. The molecule has 1 N–H and O–H groups in total. The molecule has 0 aliphatic carbocycles. The molecule has 1 amide bonds. The highest BCUT2D eigenvalue weighted by Gasteiger charge is 2.14. The highest BCUT2D eigenvalue weighted by molar-refractivity contribution is 5.96. The minimum absolute atomic E-state index is 0.0154. The van der Waals surface area contributed by atoms with Crippen LogP contribution in [-0.4, -0.2) is 18.3 Å². The molecule has 0 aliphatic rings. The van der Waals surface area contributed by atoms with Crippen LogP contribution in [0.4, 0.5) is 5.69 Å². The summed E-state index contributed by atoms with van der Waals surface area (Å²) < 4.78 is 5.58. The van der Waals surface area contributed by atoms with E-state index in [0.717, 1.165) is 17.5 Å². The van der Waals surface area contributed by atoms with Gasteiger partial charge in [0, 0.05) is 12.1 Å². The third-order valence-corrected chi connectivity index (χ3v) is 4.42. The number of hydrogen-bond acceptors (Lipinski definition) is 5. The van der Waals surface area contributed by atoms with Crippen molar-refractivity contribution in [2.45, 2.75) is 39.7 Å². The molecule has 2 aromatic rings. The molecule has 2 aromatic carbocycles. The predicted molar refractivity (Wildman–Crippen MR) is 104 cm³/mol. The first-order valence-electron chi connectivity index (χ1n) is 8.91. The highest BCUT2D eigenvalue weighted by Crippen LogP contribution is 2.27. The molecule has 0 heterocycles.